The van der Waals surface area contributed by atoms with E-state index >= 15 is 0 Å². The number of aliphatic hydroxyl groups excluding tert-OH is 1. The monoisotopic (exact) mass is 254 g/mol. The van der Waals surface area contributed by atoms with Crippen LogP contribution in [0.25, 0.3) is 0 Å². The Hall–Kier alpha value is -1.66. The zero-order valence-corrected chi connectivity index (χ0v) is 9.69. The van der Waals surface area contributed by atoms with Crippen molar-refractivity contribution in [3.05, 3.63) is 29.6 Å². The summed E-state index contributed by atoms with van der Waals surface area (Å²) in [6.07, 6.45) is -0.0355. The second-order valence-electron chi connectivity index (χ2n) is 4.31. The lowest BCUT2D eigenvalue weighted by Crippen LogP contribution is -2.53. The zero-order valence-electron chi connectivity index (χ0n) is 9.69. The maximum Gasteiger partial charge on any atom is 0.251 e. The lowest BCUT2D eigenvalue weighted by Gasteiger charge is -2.29. The van der Waals surface area contributed by atoms with E-state index in [0.717, 1.165) is 12.1 Å². The van der Waals surface area contributed by atoms with Crippen LogP contribution in [0.5, 0.6) is 5.75 Å². The molecule has 0 aromatic heterocycles. The number of nitrogens with one attached hydrogen (secondary N) is 2. The molecular weight excluding hydrogens is 239 g/mol. The molecule has 1 amide bonds. The van der Waals surface area contributed by atoms with E-state index in [2.05, 4.69) is 10.6 Å². The number of carbonyl (C=O) groups excluding carboxylic acids is 1. The number of hydrogen-bond donors (Lipinski definition) is 4. The average molecular weight is 254 g/mol. The van der Waals surface area contributed by atoms with E-state index in [0.29, 0.717) is 19.5 Å². The molecule has 0 bridgehead atoms. The topological polar surface area (TPSA) is 81.6 Å². The Balaban J connectivity index is 2.04. The number of aliphatic hydroxyl groups is 1. The number of phenols is 1. The van der Waals surface area contributed by atoms with Crippen LogP contribution >= 0.6 is 0 Å². The highest BCUT2D eigenvalue weighted by molar-refractivity contribution is 5.94. The number of amides is 1. The summed E-state index contributed by atoms with van der Waals surface area (Å²) in [5.74, 6) is -1.81. The number of carbonyl (C=O) groups is 1. The van der Waals surface area contributed by atoms with E-state index in [-0.39, 0.29) is 11.6 Å². The van der Waals surface area contributed by atoms with Gasteiger partial charge in [-0.3, -0.25) is 4.79 Å². The normalized spacial score (nSPS) is 23.7. The van der Waals surface area contributed by atoms with Gasteiger partial charge in [0.1, 0.15) is 0 Å². The van der Waals surface area contributed by atoms with E-state index in [4.69, 9.17) is 5.11 Å². The van der Waals surface area contributed by atoms with Crippen molar-refractivity contribution in [1.29, 1.82) is 0 Å². The molecule has 1 fully saturated rings. The molecule has 5 nitrogen and oxygen atoms in total. The van der Waals surface area contributed by atoms with Crippen LogP contribution in [0.4, 0.5) is 4.39 Å². The first-order valence-corrected chi connectivity index (χ1v) is 5.76. The minimum absolute atomic E-state index is 0.114. The number of piperidine rings is 1. The van der Waals surface area contributed by atoms with Crippen LogP contribution in [-0.4, -0.2) is 41.4 Å². The van der Waals surface area contributed by atoms with Crippen LogP contribution < -0.4 is 10.6 Å². The molecule has 98 valence electrons. The molecule has 0 spiro atoms. The number of phenolic OH excluding ortho intramolecular Hbond substituents is 1. The predicted octanol–water partition coefficient (Wildman–Crippen LogP) is -0.0161. The second kappa shape index (κ2) is 5.32. The summed E-state index contributed by atoms with van der Waals surface area (Å²) in [6.45, 7) is 1.19. The van der Waals surface area contributed by atoms with Crippen molar-refractivity contribution in [1.82, 2.24) is 10.6 Å². The van der Waals surface area contributed by atoms with Crippen molar-refractivity contribution >= 4 is 5.91 Å². The van der Waals surface area contributed by atoms with Crippen molar-refractivity contribution in [2.24, 2.45) is 0 Å². The van der Waals surface area contributed by atoms with Gasteiger partial charge in [-0.05, 0) is 31.2 Å². The summed E-state index contributed by atoms with van der Waals surface area (Å²) in [5, 5.41) is 24.4. The van der Waals surface area contributed by atoms with Crippen LogP contribution in [0.15, 0.2) is 18.2 Å². The molecule has 1 heterocycles. The minimum Gasteiger partial charge on any atom is -0.505 e. The lowest BCUT2D eigenvalue weighted by molar-refractivity contribution is 0.0754. The van der Waals surface area contributed by atoms with Crippen molar-refractivity contribution in [2.75, 3.05) is 13.1 Å². The molecule has 1 aromatic rings. The highest BCUT2D eigenvalue weighted by atomic mass is 19.1. The molecule has 2 atom stereocenters. The second-order valence-corrected chi connectivity index (χ2v) is 4.31. The average Bonchev–Trinajstić information content (AvgIpc) is 2.35. The Kier molecular flexibility index (Phi) is 3.78. The van der Waals surface area contributed by atoms with E-state index in [1.807, 2.05) is 0 Å². The number of rotatable bonds is 2. The first-order valence-electron chi connectivity index (χ1n) is 5.76. The highest BCUT2D eigenvalue weighted by Gasteiger charge is 2.24. The van der Waals surface area contributed by atoms with Gasteiger partial charge < -0.3 is 20.8 Å². The third-order valence-electron chi connectivity index (χ3n) is 2.97. The van der Waals surface area contributed by atoms with E-state index in [9.17, 15) is 14.3 Å². The molecule has 0 saturated carbocycles. The van der Waals surface area contributed by atoms with Crippen molar-refractivity contribution in [2.45, 2.75) is 18.6 Å². The fourth-order valence-electron chi connectivity index (χ4n) is 1.89. The highest BCUT2D eigenvalue weighted by Crippen LogP contribution is 2.16. The van der Waals surface area contributed by atoms with Crippen LogP contribution in [0.2, 0.25) is 0 Å². The van der Waals surface area contributed by atoms with Crippen LogP contribution in [0, 0.1) is 5.82 Å². The largest absolute Gasteiger partial charge is 0.505 e. The Morgan fingerprint density at radius 3 is 2.94 bits per heavy atom. The predicted molar refractivity (Wildman–Crippen MR) is 62.8 cm³/mol. The molecule has 4 N–H and O–H groups in total. The van der Waals surface area contributed by atoms with Gasteiger partial charge in [-0.2, -0.15) is 0 Å². The summed E-state index contributed by atoms with van der Waals surface area (Å²) in [6, 6.07) is 3.03. The molecular formula is C12H15FN2O3. The van der Waals surface area contributed by atoms with Gasteiger partial charge in [0.05, 0.1) is 12.1 Å². The van der Waals surface area contributed by atoms with Gasteiger partial charge in [0.25, 0.3) is 5.91 Å². The molecule has 1 aromatic carbocycles. The lowest BCUT2D eigenvalue weighted by atomic mass is 10.0. The summed E-state index contributed by atoms with van der Waals surface area (Å²) in [5.41, 5.74) is 0.114. The van der Waals surface area contributed by atoms with Gasteiger partial charge in [-0.15, -0.1) is 0 Å². The molecule has 1 aliphatic rings. The fourth-order valence-corrected chi connectivity index (χ4v) is 1.89. The van der Waals surface area contributed by atoms with Gasteiger partial charge in [0.2, 0.25) is 0 Å². The zero-order chi connectivity index (χ0) is 13.1. The van der Waals surface area contributed by atoms with Crippen molar-refractivity contribution in [3.63, 3.8) is 0 Å². The third kappa shape index (κ3) is 2.77. The quantitative estimate of drug-likeness (QED) is 0.598. The maximum atomic E-state index is 13.1. The van der Waals surface area contributed by atoms with Gasteiger partial charge in [0, 0.05) is 12.1 Å². The van der Waals surface area contributed by atoms with E-state index in [1.54, 1.807) is 0 Å². The number of aromatic hydroxyl groups is 1. The van der Waals surface area contributed by atoms with Gasteiger partial charge in [-0.1, -0.05) is 0 Å². The Morgan fingerprint density at radius 2 is 2.28 bits per heavy atom. The molecule has 1 aliphatic heterocycles. The van der Waals surface area contributed by atoms with Crippen LogP contribution in [0.1, 0.15) is 16.8 Å². The summed E-state index contributed by atoms with van der Waals surface area (Å²) >= 11 is 0. The van der Waals surface area contributed by atoms with Crippen LogP contribution in [-0.2, 0) is 0 Å². The minimum atomic E-state index is -0.843. The smallest absolute Gasteiger partial charge is 0.251 e. The standard InChI is InChI=1S/C12H15FN2O3/c13-8-5-7(1-2-10(8)16)12(18)15-9-6-14-4-3-11(9)17/h1-2,5,9,11,14,16-17H,3-4,6H2,(H,15,18)/t9-,11+/m0/s1. The Labute approximate surface area is 104 Å². The molecule has 18 heavy (non-hydrogen) atoms. The van der Waals surface area contributed by atoms with Gasteiger partial charge >= 0.3 is 0 Å². The molecule has 1 saturated heterocycles. The molecule has 0 aliphatic carbocycles. The van der Waals surface area contributed by atoms with E-state index in [1.165, 1.54) is 6.07 Å². The molecule has 0 unspecified atom stereocenters. The molecule has 6 heteroatoms. The van der Waals surface area contributed by atoms with Gasteiger partial charge in [0.15, 0.2) is 11.6 Å². The maximum absolute atomic E-state index is 13.1. The Morgan fingerprint density at radius 1 is 1.50 bits per heavy atom. The number of halogens is 1. The third-order valence-corrected chi connectivity index (χ3v) is 2.97. The summed E-state index contributed by atoms with van der Waals surface area (Å²) < 4.78 is 13.1. The first kappa shape index (κ1) is 12.8. The Bertz CT molecular complexity index is 453. The van der Waals surface area contributed by atoms with Crippen LogP contribution in [0.3, 0.4) is 0 Å². The van der Waals surface area contributed by atoms with Crippen molar-refractivity contribution in [3.8, 4) is 5.75 Å². The van der Waals surface area contributed by atoms with E-state index < -0.39 is 23.6 Å². The van der Waals surface area contributed by atoms with Crippen molar-refractivity contribution < 1.29 is 19.4 Å². The van der Waals surface area contributed by atoms with Gasteiger partial charge in [-0.25, -0.2) is 4.39 Å². The SMILES string of the molecule is O=C(N[C@H]1CNCC[C@H]1O)c1ccc(O)c(F)c1. The fraction of sp³-hybridized carbons (Fsp3) is 0.417. The molecule has 0 radical (unpaired) electrons. The number of hydrogen-bond acceptors (Lipinski definition) is 4. The number of benzene rings is 1. The summed E-state index contributed by atoms with van der Waals surface area (Å²) in [4.78, 5) is 11.8. The summed E-state index contributed by atoms with van der Waals surface area (Å²) in [7, 11) is 0. The molecule has 2 rings (SSSR count). The first-order chi connectivity index (χ1) is 8.58.